The van der Waals surface area contributed by atoms with Crippen molar-refractivity contribution in [2.45, 2.75) is 32.1 Å². The van der Waals surface area contributed by atoms with Crippen LogP contribution >= 0.6 is 11.6 Å². The fourth-order valence-electron chi connectivity index (χ4n) is 2.82. The van der Waals surface area contributed by atoms with Gasteiger partial charge in [0.05, 0.1) is 23.6 Å². The third kappa shape index (κ3) is 5.46. The lowest BCUT2D eigenvalue weighted by Crippen LogP contribution is -2.30. The molecule has 0 aliphatic rings. The Morgan fingerprint density at radius 2 is 1.86 bits per heavy atom. The molecule has 0 saturated heterocycles. The molecule has 0 aliphatic carbocycles. The monoisotopic (exact) mass is 442 g/mol. The maximum atomic E-state index is 14.0. The van der Waals surface area contributed by atoms with Gasteiger partial charge in [0.15, 0.2) is 0 Å². The number of carbonyl (C=O) groups excluding carboxylic acids is 1. The Hall–Kier alpha value is -2.16. The Morgan fingerprint density at radius 1 is 1.17 bits per heavy atom. The van der Waals surface area contributed by atoms with Crippen LogP contribution in [0.4, 0.5) is 10.1 Å². The molecule has 0 heterocycles. The SMILES string of the molecule is CCOc1ccc(S(=O)(=O)N(CC)CC)cc1NC(=O)Cc1c(F)cccc1Cl. The van der Waals surface area contributed by atoms with Crippen molar-refractivity contribution in [1.82, 2.24) is 4.31 Å². The largest absolute Gasteiger partial charge is 0.492 e. The minimum atomic E-state index is -3.72. The number of nitrogens with one attached hydrogen (secondary N) is 1. The first-order valence-electron chi connectivity index (χ1n) is 9.24. The van der Waals surface area contributed by atoms with Crippen LogP contribution in [0.2, 0.25) is 5.02 Å². The van der Waals surface area contributed by atoms with E-state index in [9.17, 15) is 17.6 Å². The van der Waals surface area contributed by atoms with E-state index in [0.717, 1.165) is 0 Å². The molecule has 0 aliphatic heterocycles. The maximum absolute atomic E-state index is 14.0. The lowest BCUT2D eigenvalue weighted by Gasteiger charge is -2.20. The van der Waals surface area contributed by atoms with Crippen molar-refractivity contribution in [3.05, 3.63) is 52.8 Å². The number of hydrogen-bond donors (Lipinski definition) is 1. The summed E-state index contributed by atoms with van der Waals surface area (Å²) in [6.07, 6.45) is -0.301. The number of nitrogens with zero attached hydrogens (tertiary/aromatic N) is 1. The first-order chi connectivity index (χ1) is 13.7. The van der Waals surface area contributed by atoms with E-state index >= 15 is 0 Å². The molecule has 0 bridgehead atoms. The molecule has 0 atom stereocenters. The summed E-state index contributed by atoms with van der Waals surface area (Å²) >= 11 is 5.98. The quantitative estimate of drug-likeness (QED) is 0.634. The first kappa shape index (κ1) is 23.1. The van der Waals surface area contributed by atoms with E-state index in [1.165, 1.54) is 40.7 Å². The minimum absolute atomic E-state index is 0.0314. The molecule has 0 aromatic heterocycles. The smallest absolute Gasteiger partial charge is 0.243 e. The molecule has 29 heavy (non-hydrogen) atoms. The van der Waals surface area contributed by atoms with Crippen molar-refractivity contribution in [3.63, 3.8) is 0 Å². The third-order valence-corrected chi connectivity index (χ3v) is 6.67. The van der Waals surface area contributed by atoms with Crippen LogP contribution in [-0.2, 0) is 21.2 Å². The normalized spacial score (nSPS) is 11.5. The van der Waals surface area contributed by atoms with Crippen molar-refractivity contribution in [2.24, 2.45) is 0 Å². The second-order valence-corrected chi connectivity index (χ2v) is 8.45. The van der Waals surface area contributed by atoms with E-state index in [-0.39, 0.29) is 27.6 Å². The highest BCUT2D eigenvalue weighted by molar-refractivity contribution is 7.89. The number of anilines is 1. The second-order valence-electron chi connectivity index (χ2n) is 6.11. The standard InChI is InChI=1S/C20H24ClFN2O4S/c1-4-24(5-2)29(26,27)14-10-11-19(28-6-3)18(12-14)23-20(25)13-15-16(21)8-7-9-17(15)22/h7-12H,4-6,13H2,1-3H3,(H,23,25). The highest BCUT2D eigenvalue weighted by Gasteiger charge is 2.23. The Bertz CT molecular complexity index is 958. The van der Waals surface area contributed by atoms with Gasteiger partial charge >= 0.3 is 0 Å². The zero-order chi connectivity index (χ0) is 21.6. The molecule has 0 spiro atoms. The van der Waals surface area contributed by atoms with Crippen molar-refractivity contribution < 1.29 is 22.3 Å². The van der Waals surface area contributed by atoms with Crippen LogP contribution in [0.25, 0.3) is 0 Å². The minimum Gasteiger partial charge on any atom is -0.492 e. The summed E-state index contributed by atoms with van der Waals surface area (Å²) in [6, 6.07) is 8.44. The fourth-order valence-corrected chi connectivity index (χ4v) is 4.53. The number of rotatable bonds is 9. The number of amides is 1. The van der Waals surface area contributed by atoms with Gasteiger partial charge in [-0.2, -0.15) is 4.31 Å². The number of halogens is 2. The predicted molar refractivity (Wildman–Crippen MR) is 111 cm³/mol. The van der Waals surface area contributed by atoms with Gasteiger partial charge in [-0.25, -0.2) is 12.8 Å². The van der Waals surface area contributed by atoms with Crippen LogP contribution < -0.4 is 10.1 Å². The number of benzene rings is 2. The summed E-state index contributed by atoms with van der Waals surface area (Å²) in [5.74, 6) is -0.815. The van der Waals surface area contributed by atoms with Gasteiger partial charge in [0, 0.05) is 23.7 Å². The van der Waals surface area contributed by atoms with Gasteiger partial charge < -0.3 is 10.1 Å². The van der Waals surface area contributed by atoms with Crippen LogP contribution in [0.3, 0.4) is 0 Å². The first-order valence-corrected chi connectivity index (χ1v) is 11.1. The Morgan fingerprint density at radius 3 is 2.45 bits per heavy atom. The number of sulfonamides is 1. The molecular weight excluding hydrogens is 419 g/mol. The van der Waals surface area contributed by atoms with Crippen LogP contribution in [0.1, 0.15) is 26.3 Å². The van der Waals surface area contributed by atoms with Gasteiger partial charge in [0.2, 0.25) is 15.9 Å². The summed E-state index contributed by atoms with van der Waals surface area (Å²) in [4.78, 5) is 12.5. The summed E-state index contributed by atoms with van der Waals surface area (Å²) < 4.78 is 46.3. The van der Waals surface area contributed by atoms with E-state index in [0.29, 0.717) is 25.4 Å². The molecule has 0 fully saturated rings. The van der Waals surface area contributed by atoms with Gasteiger partial charge in [0.25, 0.3) is 0 Å². The van der Waals surface area contributed by atoms with E-state index in [2.05, 4.69) is 5.32 Å². The number of ether oxygens (including phenoxy) is 1. The molecular formula is C20H24ClFN2O4S. The van der Waals surface area contributed by atoms with Gasteiger partial charge in [0.1, 0.15) is 11.6 Å². The Kier molecular flexibility index (Phi) is 8.01. The second kappa shape index (κ2) is 10.0. The lowest BCUT2D eigenvalue weighted by atomic mass is 10.1. The van der Waals surface area contributed by atoms with Gasteiger partial charge in [-0.05, 0) is 37.3 Å². The van der Waals surface area contributed by atoms with Gasteiger partial charge in [-0.3, -0.25) is 4.79 Å². The lowest BCUT2D eigenvalue weighted by molar-refractivity contribution is -0.115. The summed E-state index contributed by atoms with van der Waals surface area (Å²) in [6.45, 7) is 6.22. The zero-order valence-corrected chi connectivity index (χ0v) is 18.1. The maximum Gasteiger partial charge on any atom is 0.243 e. The van der Waals surface area contributed by atoms with E-state index < -0.39 is 21.7 Å². The van der Waals surface area contributed by atoms with E-state index in [1.54, 1.807) is 20.8 Å². The van der Waals surface area contributed by atoms with Crippen LogP contribution in [0, 0.1) is 5.82 Å². The van der Waals surface area contributed by atoms with E-state index in [4.69, 9.17) is 16.3 Å². The fraction of sp³-hybridized carbons (Fsp3) is 0.350. The Labute approximate surface area is 175 Å². The average molecular weight is 443 g/mol. The van der Waals surface area contributed by atoms with Crippen molar-refractivity contribution in [1.29, 1.82) is 0 Å². The highest BCUT2D eigenvalue weighted by atomic mass is 35.5. The molecule has 2 aromatic rings. The van der Waals surface area contributed by atoms with Gasteiger partial charge in [-0.15, -0.1) is 0 Å². The van der Waals surface area contributed by atoms with Crippen LogP contribution in [-0.4, -0.2) is 38.3 Å². The van der Waals surface area contributed by atoms with E-state index in [1.807, 2.05) is 0 Å². The average Bonchev–Trinajstić information content (AvgIpc) is 2.67. The van der Waals surface area contributed by atoms with Crippen LogP contribution in [0.15, 0.2) is 41.3 Å². The molecule has 1 N–H and O–H groups in total. The number of carbonyl (C=O) groups is 1. The van der Waals surface area contributed by atoms with Gasteiger partial charge in [-0.1, -0.05) is 31.5 Å². The van der Waals surface area contributed by atoms with Crippen LogP contribution in [0.5, 0.6) is 5.75 Å². The topological polar surface area (TPSA) is 75.7 Å². The molecule has 9 heteroatoms. The number of hydrogen-bond acceptors (Lipinski definition) is 4. The molecule has 6 nitrogen and oxygen atoms in total. The molecule has 0 saturated carbocycles. The molecule has 2 aromatic carbocycles. The van der Waals surface area contributed by atoms with Crippen molar-refractivity contribution in [2.75, 3.05) is 25.0 Å². The highest BCUT2D eigenvalue weighted by Crippen LogP contribution is 2.30. The molecule has 2 rings (SSSR count). The molecule has 0 unspecified atom stereocenters. The molecule has 0 radical (unpaired) electrons. The summed E-state index contributed by atoms with van der Waals surface area (Å²) in [5, 5.41) is 2.76. The molecule has 1 amide bonds. The zero-order valence-electron chi connectivity index (χ0n) is 16.5. The predicted octanol–water partition coefficient (Wildman–Crippen LogP) is 4.09. The summed E-state index contributed by atoms with van der Waals surface area (Å²) in [5.41, 5.74) is 0.258. The third-order valence-electron chi connectivity index (χ3n) is 4.27. The summed E-state index contributed by atoms with van der Waals surface area (Å²) in [7, 11) is -3.72. The van der Waals surface area contributed by atoms with Crippen molar-refractivity contribution >= 4 is 33.2 Å². The molecule has 158 valence electrons. The van der Waals surface area contributed by atoms with Crippen molar-refractivity contribution in [3.8, 4) is 5.75 Å². The Balaban J connectivity index is 2.36.